The van der Waals surface area contributed by atoms with E-state index in [1.807, 2.05) is 19.1 Å². The van der Waals surface area contributed by atoms with Crippen LogP contribution in [0, 0.1) is 13.8 Å². The lowest BCUT2D eigenvalue weighted by molar-refractivity contribution is 0.400. The first-order valence-corrected chi connectivity index (χ1v) is 8.76. The molecule has 1 fully saturated rings. The summed E-state index contributed by atoms with van der Waals surface area (Å²) < 4.78 is 5.07. The molecule has 3 aromatic rings. The van der Waals surface area contributed by atoms with E-state index in [0.717, 1.165) is 37.8 Å². The lowest BCUT2D eigenvalue weighted by atomic mass is 10.2. The molecule has 7 nitrogen and oxygen atoms in total. The van der Waals surface area contributed by atoms with Gasteiger partial charge in [0.25, 0.3) is 0 Å². The molecule has 4 rings (SSSR count). The fourth-order valence-corrected chi connectivity index (χ4v) is 3.16. The van der Waals surface area contributed by atoms with Crippen molar-refractivity contribution in [3.63, 3.8) is 0 Å². The monoisotopic (exact) mass is 350 g/mol. The number of nitrogens with one attached hydrogen (secondary N) is 1. The van der Waals surface area contributed by atoms with Crippen LogP contribution in [0.3, 0.4) is 0 Å². The zero-order valence-corrected chi connectivity index (χ0v) is 15.0. The second kappa shape index (κ2) is 7.03. The molecular formula is C19H22N6O. The van der Waals surface area contributed by atoms with Gasteiger partial charge in [0.1, 0.15) is 23.7 Å². The standard InChI is InChI=1S/C19H22N6O/c1-14-4-3-5-16(10-14)24-6-8-25(9-7-24)19-12-17(20-13-21-19)22-18-11-15(2)26-23-18/h3-5,10-13H,6-9H2,1-2H3,(H,20,21,22,23). The molecule has 1 N–H and O–H groups in total. The lowest BCUT2D eigenvalue weighted by Gasteiger charge is -2.36. The van der Waals surface area contributed by atoms with E-state index in [0.29, 0.717) is 11.6 Å². The summed E-state index contributed by atoms with van der Waals surface area (Å²) in [5, 5.41) is 7.09. The molecule has 134 valence electrons. The number of anilines is 4. The second-order valence-corrected chi connectivity index (χ2v) is 6.52. The molecule has 0 bridgehead atoms. The Kier molecular flexibility index (Phi) is 4.43. The Hall–Kier alpha value is -3.09. The Morgan fingerprint density at radius 2 is 1.73 bits per heavy atom. The largest absolute Gasteiger partial charge is 0.368 e. The van der Waals surface area contributed by atoms with Gasteiger partial charge in [0.15, 0.2) is 5.82 Å². The van der Waals surface area contributed by atoms with Crippen molar-refractivity contribution >= 4 is 23.1 Å². The molecule has 2 aromatic heterocycles. The number of hydrogen-bond donors (Lipinski definition) is 1. The normalized spacial score (nSPS) is 14.5. The number of benzene rings is 1. The summed E-state index contributed by atoms with van der Waals surface area (Å²) in [5.41, 5.74) is 2.58. The van der Waals surface area contributed by atoms with Gasteiger partial charge in [-0.2, -0.15) is 0 Å². The van der Waals surface area contributed by atoms with Crippen molar-refractivity contribution in [1.29, 1.82) is 0 Å². The summed E-state index contributed by atoms with van der Waals surface area (Å²) in [7, 11) is 0. The van der Waals surface area contributed by atoms with Gasteiger partial charge in [0, 0.05) is 44.0 Å². The summed E-state index contributed by atoms with van der Waals surface area (Å²) in [5.74, 6) is 3.04. The van der Waals surface area contributed by atoms with Crippen LogP contribution in [0.1, 0.15) is 11.3 Å². The summed E-state index contributed by atoms with van der Waals surface area (Å²) in [6, 6.07) is 12.4. The van der Waals surface area contributed by atoms with Crippen molar-refractivity contribution < 1.29 is 4.52 Å². The van der Waals surface area contributed by atoms with E-state index in [2.05, 4.69) is 61.4 Å². The second-order valence-electron chi connectivity index (χ2n) is 6.52. The maximum Gasteiger partial charge on any atom is 0.175 e. The van der Waals surface area contributed by atoms with Gasteiger partial charge >= 0.3 is 0 Å². The van der Waals surface area contributed by atoms with Crippen LogP contribution in [0.4, 0.5) is 23.1 Å². The van der Waals surface area contributed by atoms with Crippen LogP contribution in [0.25, 0.3) is 0 Å². The first kappa shape index (κ1) is 16.4. The number of aromatic nitrogens is 3. The van der Waals surface area contributed by atoms with Crippen molar-refractivity contribution in [2.75, 3.05) is 41.3 Å². The Labute approximate surface area is 152 Å². The van der Waals surface area contributed by atoms with Gasteiger partial charge in [-0.05, 0) is 31.5 Å². The van der Waals surface area contributed by atoms with E-state index < -0.39 is 0 Å². The van der Waals surface area contributed by atoms with E-state index in [1.165, 1.54) is 11.3 Å². The molecule has 3 heterocycles. The van der Waals surface area contributed by atoms with Crippen molar-refractivity contribution in [1.82, 2.24) is 15.1 Å². The molecule has 0 unspecified atom stereocenters. The smallest absolute Gasteiger partial charge is 0.175 e. The topological polar surface area (TPSA) is 70.3 Å². The van der Waals surface area contributed by atoms with Gasteiger partial charge < -0.3 is 19.6 Å². The van der Waals surface area contributed by atoms with Gasteiger partial charge in [-0.1, -0.05) is 17.3 Å². The fourth-order valence-electron chi connectivity index (χ4n) is 3.16. The molecule has 1 aliphatic heterocycles. The number of nitrogens with zero attached hydrogens (tertiary/aromatic N) is 5. The maximum atomic E-state index is 5.07. The van der Waals surface area contributed by atoms with Crippen LogP contribution in [0.2, 0.25) is 0 Å². The van der Waals surface area contributed by atoms with Gasteiger partial charge in [0.05, 0.1) is 0 Å². The van der Waals surface area contributed by atoms with Gasteiger partial charge in [-0.3, -0.25) is 0 Å². The Balaban J connectivity index is 1.42. The van der Waals surface area contributed by atoms with Crippen LogP contribution in [0.15, 0.2) is 47.2 Å². The van der Waals surface area contributed by atoms with Crippen molar-refractivity contribution in [2.24, 2.45) is 0 Å². The molecule has 0 atom stereocenters. The number of piperazine rings is 1. The predicted molar refractivity (Wildman–Crippen MR) is 102 cm³/mol. The van der Waals surface area contributed by atoms with Crippen LogP contribution in [-0.4, -0.2) is 41.3 Å². The number of hydrogen-bond acceptors (Lipinski definition) is 7. The van der Waals surface area contributed by atoms with E-state index in [-0.39, 0.29) is 0 Å². The highest BCUT2D eigenvalue weighted by Crippen LogP contribution is 2.22. The number of rotatable bonds is 4. The van der Waals surface area contributed by atoms with E-state index >= 15 is 0 Å². The van der Waals surface area contributed by atoms with Gasteiger partial charge in [-0.15, -0.1) is 0 Å². The quantitative estimate of drug-likeness (QED) is 0.775. The highest BCUT2D eigenvalue weighted by Gasteiger charge is 2.19. The van der Waals surface area contributed by atoms with E-state index in [4.69, 9.17) is 4.52 Å². The van der Waals surface area contributed by atoms with Crippen molar-refractivity contribution in [2.45, 2.75) is 13.8 Å². The average Bonchev–Trinajstić information content (AvgIpc) is 3.07. The summed E-state index contributed by atoms with van der Waals surface area (Å²) in [4.78, 5) is 13.4. The third-order valence-electron chi connectivity index (χ3n) is 4.51. The third-order valence-corrected chi connectivity index (χ3v) is 4.51. The summed E-state index contributed by atoms with van der Waals surface area (Å²) in [6.45, 7) is 7.78. The Bertz CT molecular complexity index is 885. The average molecular weight is 350 g/mol. The third kappa shape index (κ3) is 3.61. The van der Waals surface area contributed by atoms with Crippen LogP contribution in [-0.2, 0) is 0 Å². The maximum absolute atomic E-state index is 5.07. The zero-order chi connectivity index (χ0) is 17.9. The SMILES string of the molecule is Cc1cccc(N2CCN(c3cc(Nc4cc(C)on4)ncn3)CC2)c1. The fraction of sp³-hybridized carbons (Fsp3) is 0.316. The van der Waals surface area contributed by atoms with Crippen LogP contribution < -0.4 is 15.1 Å². The number of aryl methyl sites for hydroxylation is 2. The Morgan fingerprint density at radius 3 is 2.46 bits per heavy atom. The summed E-state index contributed by atoms with van der Waals surface area (Å²) >= 11 is 0. The molecule has 0 aliphatic carbocycles. The molecule has 0 spiro atoms. The molecule has 1 saturated heterocycles. The molecule has 0 radical (unpaired) electrons. The molecule has 0 amide bonds. The molecular weight excluding hydrogens is 328 g/mol. The van der Waals surface area contributed by atoms with E-state index in [1.54, 1.807) is 6.33 Å². The first-order chi connectivity index (χ1) is 12.7. The first-order valence-electron chi connectivity index (χ1n) is 8.76. The molecule has 26 heavy (non-hydrogen) atoms. The lowest BCUT2D eigenvalue weighted by Crippen LogP contribution is -2.46. The van der Waals surface area contributed by atoms with Crippen molar-refractivity contribution in [3.05, 3.63) is 54.0 Å². The predicted octanol–water partition coefficient (Wildman–Crippen LogP) is 3.15. The van der Waals surface area contributed by atoms with E-state index in [9.17, 15) is 0 Å². The minimum Gasteiger partial charge on any atom is -0.368 e. The minimum absolute atomic E-state index is 0.649. The Morgan fingerprint density at radius 1 is 0.923 bits per heavy atom. The summed E-state index contributed by atoms with van der Waals surface area (Å²) in [6.07, 6.45) is 1.58. The molecule has 7 heteroatoms. The van der Waals surface area contributed by atoms with Crippen LogP contribution in [0.5, 0.6) is 0 Å². The molecule has 1 aliphatic rings. The van der Waals surface area contributed by atoms with Crippen molar-refractivity contribution in [3.8, 4) is 0 Å². The minimum atomic E-state index is 0.649. The highest BCUT2D eigenvalue weighted by molar-refractivity contribution is 5.57. The molecule has 1 aromatic carbocycles. The highest BCUT2D eigenvalue weighted by atomic mass is 16.5. The van der Waals surface area contributed by atoms with Gasteiger partial charge in [0.2, 0.25) is 0 Å². The van der Waals surface area contributed by atoms with Crippen LogP contribution >= 0.6 is 0 Å². The zero-order valence-electron chi connectivity index (χ0n) is 15.0. The van der Waals surface area contributed by atoms with Gasteiger partial charge in [-0.25, -0.2) is 9.97 Å². The molecule has 0 saturated carbocycles.